The molecule has 0 radical (unpaired) electrons. The first-order valence-electron chi connectivity index (χ1n) is 3.73. The number of nitrogens with two attached hydrogens (primary N) is 2. The van der Waals surface area contributed by atoms with Crippen molar-refractivity contribution in [3.05, 3.63) is 0 Å². The SMILES string of the molecule is CCCCOC(C)=O.N=C(N)N.O. The van der Waals surface area contributed by atoms with Crippen molar-refractivity contribution in [2.24, 2.45) is 11.5 Å². The number of rotatable bonds is 3. The predicted molar refractivity (Wildman–Crippen MR) is 51.3 cm³/mol. The summed E-state index contributed by atoms with van der Waals surface area (Å²) >= 11 is 0. The first-order chi connectivity index (χ1) is 5.50. The lowest BCUT2D eigenvalue weighted by atomic mass is 10.4. The van der Waals surface area contributed by atoms with Crippen LogP contribution in [0.2, 0.25) is 0 Å². The molecule has 7 N–H and O–H groups in total. The summed E-state index contributed by atoms with van der Waals surface area (Å²) in [5.41, 5.74) is 8.94. The van der Waals surface area contributed by atoms with Crippen LogP contribution in [0.25, 0.3) is 0 Å². The molecule has 0 unspecified atom stereocenters. The molecule has 13 heavy (non-hydrogen) atoms. The molecule has 6 nitrogen and oxygen atoms in total. The largest absolute Gasteiger partial charge is 0.466 e. The van der Waals surface area contributed by atoms with Crippen molar-refractivity contribution in [2.75, 3.05) is 6.61 Å². The van der Waals surface area contributed by atoms with Gasteiger partial charge in [0.1, 0.15) is 0 Å². The van der Waals surface area contributed by atoms with Crippen LogP contribution in [-0.2, 0) is 9.53 Å². The van der Waals surface area contributed by atoms with Gasteiger partial charge in [0.25, 0.3) is 0 Å². The van der Waals surface area contributed by atoms with Crippen LogP contribution < -0.4 is 11.5 Å². The zero-order chi connectivity index (χ0) is 9.98. The van der Waals surface area contributed by atoms with E-state index in [-0.39, 0.29) is 17.4 Å². The Kier molecular flexibility index (Phi) is 18.1. The molecule has 0 fully saturated rings. The molecule has 0 spiro atoms. The van der Waals surface area contributed by atoms with Crippen molar-refractivity contribution in [2.45, 2.75) is 26.7 Å². The van der Waals surface area contributed by atoms with Crippen LogP contribution in [0, 0.1) is 5.41 Å². The Morgan fingerprint density at radius 1 is 1.46 bits per heavy atom. The molecule has 0 aromatic rings. The first kappa shape index (κ1) is 17.7. The van der Waals surface area contributed by atoms with Gasteiger partial charge in [0.15, 0.2) is 5.96 Å². The standard InChI is InChI=1S/C6H12O2.CH5N3.H2O/c1-3-4-5-8-6(2)7;2-1(3)4;/h3-5H2,1-2H3;(H5,2,3,4);1H2. The van der Waals surface area contributed by atoms with Gasteiger partial charge in [-0.1, -0.05) is 13.3 Å². The van der Waals surface area contributed by atoms with Crippen LogP contribution in [0.5, 0.6) is 0 Å². The molecule has 0 bridgehead atoms. The summed E-state index contributed by atoms with van der Waals surface area (Å²) in [5.74, 6) is -0.515. The van der Waals surface area contributed by atoms with Gasteiger partial charge in [-0.05, 0) is 6.42 Å². The van der Waals surface area contributed by atoms with Crippen LogP contribution >= 0.6 is 0 Å². The highest BCUT2D eigenvalue weighted by atomic mass is 16.5. The number of nitrogens with one attached hydrogen (secondary N) is 1. The number of unbranched alkanes of at least 4 members (excludes halogenated alkanes) is 1. The fourth-order valence-corrected chi connectivity index (χ4v) is 0.360. The lowest BCUT2D eigenvalue weighted by Gasteiger charge is -1.96. The molecule has 0 atom stereocenters. The van der Waals surface area contributed by atoms with E-state index in [1.807, 2.05) is 0 Å². The zero-order valence-corrected chi connectivity index (χ0v) is 8.09. The lowest BCUT2D eigenvalue weighted by Crippen LogP contribution is -2.20. The molecule has 0 amide bonds. The molecule has 0 saturated carbocycles. The van der Waals surface area contributed by atoms with Gasteiger partial charge in [0, 0.05) is 6.92 Å². The summed E-state index contributed by atoms with van der Waals surface area (Å²) in [6, 6.07) is 0. The Balaban J connectivity index is -0.000000173. The average Bonchev–Trinajstić information content (AvgIpc) is 1.86. The fourth-order valence-electron chi connectivity index (χ4n) is 0.360. The molecular weight excluding hydrogens is 174 g/mol. The minimum Gasteiger partial charge on any atom is -0.466 e. The molecular formula is C7H19N3O3. The molecule has 0 rings (SSSR count). The second-order valence-corrected chi connectivity index (χ2v) is 2.15. The molecule has 0 saturated heterocycles. The third-order valence-electron chi connectivity index (χ3n) is 0.803. The van der Waals surface area contributed by atoms with Crippen molar-refractivity contribution < 1.29 is 15.0 Å². The summed E-state index contributed by atoms with van der Waals surface area (Å²) in [5, 5.41) is 6.06. The average molecular weight is 193 g/mol. The van der Waals surface area contributed by atoms with Crippen LogP contribution in [0.3, 0.4) is 0 Å². The van der Waals surface area contributed by atoms with Gasteiger partial charge >= 0.3 is 5.97 Å². The van der Waals surface area contributed by atoms with E-state index in [1.165, 1.54) is 6.92 Å². The van der Waals surface area contributed by atoms with E-state index in [2.05, 4.69) is 23.1 Å². The van der Waals surface area contributed by atoms with Crippen molar-refractivity contribution in [1.82, 2.24) is 0 Å². The first-order valence-corrected chi connectivity index (χ1v) is 3.73. The minimum absolute atomic E-state index is 0. The Bertz CT molecular complexity index is 135. The van der Waals surface area contributed by atoms with Gasteiger partial charge in [-0.15, -0.1) is 0 Å². The molecule has 0 aliphatic heterocycles. The lowest BCUT2D eigenvalue weighted by molar-refractivity contribution is -0.141. The highest BCUT2D eigenvalue weighted by molar-refractivity contribution is 5.71. The monoisotopic (exact) mass is 193 g/mol. The molecule has 80 valence electrons. The second kappa shape index (κ2) is 13.3. The summed E-state index contributed by atoms with van der Waals surface area (Å²) in [6.07, 6.45) is 2.05. The third kappa shape index (κ3) is 59.2. The molecule has 0 aliphatic rings. The Morgan fingerprint density at radius 2 is 1.85 bits per heavy atom. The van der Waals surface area contributed by atoms with Gasteiger partial charge in [-0.2, -0.15) is 0 Å². The van der Waals surface area contributed by atoms with Crippen molar-refractivity contribution >= 4 is 11.9 Å². The van der Waals surface area contributed by atoms with Gasteiger partial charge < -0.3 is 21.7 Å². The van der Waals surface area contributed by atoms with E-state index in [9.17, 15) is 4.79 Å². The number of carbonyl (C=O) groups is 1. The van der Waals surface area contributed by atoms with Crippen LogP contribution in [-0.4, -0.2) is 24.0 Å². The molecule has 0 aliphatic carbocycles. The Labute approximate surface area is 78.1 Å². The van der Waals surface area contributed by atoms with E-state index in [1.54, 1.807) is 0 Å². The summed E-state index contributed by atoms with van der Waals surface area (Å²) < 4.78 is 4.64. The van der Waals surface area contributed by atoms with E-state index < -0.39 is 0 Å². The minimum atomic E-state index is -0.333. The van der Waals surface area contributed by atoms with E-state index in [0.717, 1.165) is 12.8 Å². The number of hydrogen-bond donors (Lipinski definition) is 3. The smallest absolute Gasteiger partial charge is 0.302 e. The molecule has 0 aromatic heterocycles. The maximum absolute atomic E-state index is 10.1. The van der Waals surface area contributed by atoms with Crippen molar-refractivity contribution in [3.8, 4) is 0 Å². The number of guanidine groups is 1. The van der Waals surface area contributed by atoms with Gasteiger partial charge in [-0.3, -0.25) is 10.2 Å². The third-order valence-corrected chi connectivity index (χ3v) is 0.803. The summed E-state index contributed by atoms with van der Waals surface area (Å²) in [7, 11) is 0. The highest BCUT2D eigenvalue weighted by Gasteiger charge is 1.88. The summed E-state index contributed by atoms with van der Waals surface area (Å²) in [6.45, 7) is 4.06. The van der Waals surface area contributed by atoms with Gasteiger partial charge in [-0.25, -0.2) is 0 Å². The number of esters is 1. The zero-order valence-electron chi connectivity index (χ0n) is 8.09. The molecule has 0 heterocycles. The number of ether oxygens (including phenoxy) is 1. The second-order valence-electron chi connectivity index (χ2n) is 2.15. The number of carbonyl (C=O) groups excluding carboxylic acids is 1. The maximum atomic E-state index is 10.1. The van der Waals surface area contributed by atoms with E-state index in [0.29, 0.717) is 6.61 Å². The van der Waals surface area contributed by atoms with Crippen molar-refractivity contribution in [3.63, 3.8) is 0 Å². The molecule has 0 aromatic carbocycles. The van der Waals surface area contributed by atoms with Gasteiger partial charge in [0.05, 0.1) is 6.61 Å². The van der Waals surface area contributed by atoms with E-state index in [4.69, 9.17) is 5.41 Å². The topological polar surface area (TPSA) is 134 Å². The molecule has 6 heteroatoms. The highest BCUT2D eigenvalue weighted by Crippen LogP contribution is 1.86. The Morgan fingerprint density at radius 3 is 2.08 bits per heavy atom. The predicted octanol–water partition coefficient (Wildman–Crippen LogP) is -0.637. The number of hydrogen-bond acceptors (Lipinski definition) is 3. The van der Waals surface area contributed by atoms with Gasteiger partial charge in [0.2, 0.25) is 0 Å². The quantitative estimate of drug-likeness (QED) is 0.238. The maximum Gasteiger partial charge on any atom is 0.302 e. The Hall–Kier alpha value is -1.30. The summed E-state index contributed by atoms with van der Waals surface area (Å²) in [4.78, 5) is 10.1. The van der Waals surface area contributed by atoms with Crippen LogP contribution in [0.15, 0.2) is 0 Å². The van der Waals surface area contributed by atoms with E-state index >= 15 is 0 Å². The fraction of sp³-hybridized carbons (Fsp3) is 0.714. The normalized spacial score (nSPS) is 7.23. The van der Waals surface area contributed by atoms with Crippen LogP contribution in [0.4, 0.5) is 0 Å². The van der Waals surface area contributed by atoms with Crippen LogP contribution in [0.1, 0.15) is 26.7 Å². The van der Waals surface area contributed by atoms with Crippen molar-refractivity contribution in [1.29, 1.82) is 5.41 Å².